The maximum Gasteiger partial charge on any atom is 0.137 e. The average Bonchev–Trinajstić information content (AvgIpc) is 2.98. The zero-order chi connectivity index (χ0) is 10.7. The van der Waals surface area contributed by atoms with E-state index in [-0.39, 0.29) is 0 Å². The molecule has 0 amide bonds. The van der Waals surface area contributed by atoms with Crippen molar-refractivity contribution in [2.75, 3.05) is 0 Å². The number of hydrogen-bond donors (Lipinski definition) is 0. The van der Waals surface area contributed by atoms with Crippen LogP contribution >= 0.6 is 11.6 Å². The van der Waals surface area contributed by atoms with E-state index in [2.05, 4.69) is 0 Å². The van der Waals surface area contributed by atoms with Crippen LogP contribution in [0.25, 0.3) is 0 Å². The number of carbonyl (C=O) groups is 1. The zero-order valence-electron chi connectivity index (χ0n) is 8.71. The van der Waals surface area contributed by atoms with Crippen LogP contribution in [0.15, 0.2) is 24.3 Å². The quantitative estimate of drug-likeness (QED) is 0.744. The molecule has 80 valence electrons. The van der Waals surface area contributed by atoms with Gasteiger partial charge in [-0.3, -0.25) is 4.79 Å². The van der Waals surface area contributed by atoms with Crippen molar-refractivity contribution in [1.82, 2.24) is 0 Å². The summed E-state index contributed by atoms with van der Waals surface area (Å²) in [5, 5.41) is 0.711. The molecule has 0 spiro atoms. The van der Waals surface area contributed by atoms with E-state index in [1.165, 1.54) is 12.8 Å². The molecule has 1 aromatic carbocycles. The van der Waals surface area contributed by atoms with Gasteiger partial charge in [-0.15, -0.1) is 0 Å². The van der Waals surface area contributed by atoms with E-state index in [0.717, 1.165) is 24.3 Å². The fraction of sp³-hybridized carbons (Fsp3) is 0.462. The van der Waals surface area contributed by atoms with Gasteiger partial charge < -0.3 is 0 Å². The van der Waals surface area contributed by atoms with Gasteiger partial charge in [0, 0.05) is 17.9 Å². The molecule has 2 rings (SSSR count). The molecule has 1 aromatic rings. The van der Waals surface area contributed by atoms with Crippen molar-refractivity contribution >= 4 is 17.4 Å². The molecular weight excluding hydrogens is 208 g/mol. The Kier molecular flexibility index (Phi) is 3.42. The van der Waals surface area contributed by atoms with Gasteiger partial charge in [0.15, 0.2) is 0 Å². The Morgan fingerprint density at radius 1 is 1.40 bits per heavy atom. The summed E-state index contributed by atoms with van der Waals surface area (Å²) in [6, 6.07) is 7.56. The minimum absolute atomic E-state index is 0.337. The maximum atomic E-state index is 11.6. The van der Waals surface area contributed by atoms with Gasteiger partial charge in [-0.05, 0) is 30.0 Å². The van der Waals surface area contributed by atoms with Crippen LogP contribution in [0, 0.1) is 5.92 Å². The van der Waals surface area contributed by atoms with Gasteiger partial charge in [0.25, 0.3) is 0 Å². The largest absolute Gasteiger partial charge is 0.299 e. The third-order valence-corrected chi connectivity index (χ3v) is 3.05. The van der Waals surface area contributed by atoms with E-state index in [0.29, 0.717) is 17.2 Å². The van der Waals surface area contributed by atoms with E-state index in [9.17, 15) is 4.79 Å². The number of rotatable bonds is 5. The van der Waals surface area contributed by atoms with Gasteiger partial charge in [-0.25, -0.2) is 0 Å². The first kappa shape index (κ1) is 10.7. The highest BCUT2D eigenvalue weighted by Gasteiger charge is 2.21. The van der Waals surface area contributed by atoms with Crippen LogP contribution in [-0.4, -0.2) is 5.78 Å². The smallest absolute Gasteiger partial charge is 0.137 e. The molecule has 1 aliphatic rings. The minimum Gasteiger partial charge on any atom is -0.299 e. The molecule has 0 unspecified atom stereocenters. The summed E-state index contributed by atoms with van der Waals surface area (Å²) in [6.07, 6.45) is 5.00. The van der Waals surface area contributed by atoms with Crippen molar-refractivity contribution in [3.63, 3.8) is 0 Å². The zero-order valence-corrected chi connectivity index (χ0v) is 9.46. The van der Waals surface area contributed by atoms with E-state index in [1.54, 1.807) is 0 Å². The molecule has 0 aliphatic heterocycles. The molecule has 1 saturated carbocycles. The van der Waals surface area contributed by atoms with Gasteiger partial charge in [0.05, 0.1) is 0 Å². The lowest BCUT2D eigenvalue weighted by molar-refractivity contribution is -0.118. The van der Waals surface area contributed by atoms with Gasteiger partial charge in [0.1, 0.15) is 5.78 Å². The summed E-state index contributed by atoms with van der Waals surface area (Å²) in [5.41, 5.74) is 1.03. The van der Waals surface area contributed by atoms with Crippen molar-refractivity contribution in [2.24, 2.45) is 5.92 Å². The van der Waals surface area contributed by atoms with Gasteiger partial charge in [0.2, 0.25) is 0 Å². The summed E-state index contributed by atoms with van der Waals surface area (Å²) in [4.78, 5) is 11.6. The molecule has 0 bridgehead atoms. The van der Waals surface area contributed by atoms with Crippen molar-refractivity contribution in [1.29, 1.82) is 0 Å². The molecule has 0 aromatic heterocycles. The predicted molar refractivity (Wildman–Crippen MR) is 62.1 cm³/mol. The maximum absolute atomic E-state index is 11.6. The normalized spacial score (nSPS) is 15.3. The van der Waals surface area contributed by atoms with Crippen LogP contribution in [-0.2, 0) is 11.2 Å². The molecule has 0 saturated heterocycles. The standard InChI is InChI=1S/C13H15ClO/c14-12-3-1-2-11(8-12)9-13(15)7-6-10-4-5-10/h1-3,8,10H,4-7,9H2. The molecule has 0 heterocycles. The summed E-state index contributed by atoms with van der Waals surface area (Å²) >= 11 is 5.85. The Hall–Kier alpha value is -0.820. The number of ketones is 1. The molecule has 15 heavy (non-hydrogen) atoms. The number of benzene rings is 1. The van der Waals surface area contributed by atoms with Crippen molar-refractivity contribution in [2.45, 2.75) is 32.1 Å². The van der Waals surface area contributed by atoms with Gasteiger partial charge in [-0.2, -0.15) is 0 Å². The number of halogens is 1. The second-order valence-corrected chi connectivity index (χ2v) is 4.76. The summed E-state index contributed by atoms with van der Waals surface area (Å²) < 4.78 is 0. The van der Waals surface area contributed by atoms with Gasteiger partial charge >= 0.3 is 0 Å². The second-order valence-electron chi connectivity index (χ2n) is 4.33. The molecule has 2 heteroatoms. The fourth-order valence-corrected chi connectivity index (χ4v) is 1.95. The number of Topliss-reactive ketones (excluding diaryl/α,β-unsaturated/α-hetero) is 1. The number of carbonyl (C=O) groups excluding carboxylic acids is 1. The summed E-state index contributed by atoms with van der Waals surface area (Å²) in [5.74, 6) is 1.18. The van der Waals surface area contributed by atoms with Crippen LogP contribution in [0.4, 0.5) is 0 Å². The monoisotopic (exact) mass is 222 g/mol. The first-order valence-electron chi connectivity index (χ1n) is 5.50. The average molecular weight is 223 g/mol. The SMILES string of the molecule is O=C(CCC1CC1)Cc1cccc(Cl)c1. The lowest BCUT2D eigenvalue weighted by Crippen LogP contribution is -2.02. The third kappa shape index (κ3) is 3.67. The van der Waals surface area contributed by atoms with Crippen molar-refractivity contribution < 1.29 is 4.79 Å². The minimum atomic E-state index is 0.337. The Balaban J connectivity index is 1.81. The lowest BCUT2D eigenvalue weighted by atomic mass is 10.0. The van der Waals surface area contributed by atoms with E-state index in [1.807, 2.05) is 24.3 Å². The molecule has 1 fully saturated rings. The van der Waals surface area contributed by atoms with E-state index in [4.69, 9.17) is 11.6 Å². The second kappa shape index (κ2) is 4.80. The lowest BCUT2D eigenvalue weighted by Gasteiger charge is -2.01. The van der Waals surface area contributed by atoms with Crippen LogP contribution in [0.3, 0.4) is 0 Å². The highest BCUT2D eigenvalue weighted by atomic mass is 35.5. The number of hydrogen-bond acceptors (Lipinski definition) is 1. The molecule has 0 N–H and O–H groups in total. The van der Waals surface area contributed by atoms with E-state index >= 15 is 0 Å². The first-order chi connectivity index (χ1) is 7.24. The predicted octanol–water partition coefficient (Wildman–Crippen LogP) is 3.64. The Bertz CT molecular complexity index is 355. The molecule has 1 aliphatic carbocycles. The van der Waals surface area contributed by atoms with Crippen LogP contribution < -0.4 is 0 Å². The van der Waals surface area contributed by atoms with Gasteiger partial charge in [-0.1, -0.05) is 36.6 Å². The van der Waals surface area contributed by atoms with Crippen LogP contribution in [0.1, 0.15) is 31.2 Å². The van der Waals surface area contributed by atoms with Crippen LogP contribution in [0.5, 0.6) is 0 Å². The Morgan fingerprint density at radius 2 is 2.20 bits per heavy atom. The molecule has 0 atom stereocenters. The van der Waals surface area contributed by atoms with E-state index < -0.39 is 0 Å². The van der Waals surface area contributed by atoms with Crippen molar-refractivity contribution in [3.8, 4) is 0 Å². The topological polar surface area (TPSA) is 17.1 Å². The Labute approximate surface area is 95.4 Å². The first-order valence-corrected chi connectivity index (χ1v) is 5.88. The third-order valence-electron chi connectivity index (χ3n) is 2.82. The molecule has 0 radical (unpaired) electrons. The highest BCUT2D eigenvalue weighted by molar-refractivity contribution is 6.30. The molecule has 1 nitrogen and oxygen atoms in total. The summed E-state index contributed by atoms with van der Waals surface area (Å²) in [6.45, 7) is 0. The summed E-state index contributed by atoms with van der Waals surface area (Å²) in [7, 11) is 0. The van der Waals surface area contributed by atoms with Crippen LogP contribution in [0.2, 0.25) is 5.02 Å². The van der Waals surface area contributed by atoms with Crippen molar-refractivity contribution in [3.05, 3.63) is 34.9 Å². The molecular formula is C13H15ClO. The Morgan fingerprint density at radius 3 is 2.87 bits per heavy atom. The highest BCUT2D eigenvalue weighted by Crippen LogP contribution is 2.33. The fourth-order valence-electron chi connectivity index (χ4n) is 1.73.